The lowest BCUT2D eigenvalue weighted by atomic mass is 9.79. The van der Waals surface area contributed by atoms with Crippen LogP contribution in [0.1, 0.15) is 31.6 Å². The first-order chi connectivity index (χ1) is 8.96. The molecule has 1 aromatic heterocycles. The van der Waals surface area contributed by atoms with E-state index in [9.17, 15) is 14.7 Å². The van der Waals surface area contributed by atoms with E-state index >= 15 is 0 Å². The fourth-order valence-corrected chi connectivity index (χ4v) is 3.17. The quantitative estimate of drug-likeness (QED) is 0.619. The molecule has 0 bridgehead atoms. The molecule has 106 valence electrons. The van der Waals surface area contributed by atoms with Gasteiger partial charge in [-0.15, -0.1) is 11.3 Å². The van der Waals surface area contributed by atoms with Gasteiger partial charge in [-0.25, -0.2) is 0 Å². The number of halogens is 1. The SMILES string of the molecule is CCCC(Cc1ccc(Cl)s1)(C(=O)O)C(=O)OCC. The first-order valence-electron chi connectivity index (χ1n) is 6.11. The first kappa shape index (κ1) is 16.0. The van der Waals surface area contributed by atoms with Crippen molar-refractivity contribution in [2.75, 3.05) is 6.61 Å². The second kappa shape index (κ2) is 6.91. The minimum absolute atomic E-state index is 0.117. The summed E-state index contributed by atoms with van der Waals surface area (Å²) >= 11 is 7.13. The molecule has 1 aromatic rings. The van der Waals surface area contributed by atoms with Crippen molar-refractivity contribution in [3.8, 4) is 0 Å². The molecule has 0 saturated carbocycles. The Morgan fingerprint density at radius 2 is 2.11 bits per heavy atom. The van der Waals surface area contributed by atoms with Gasteiger partial charge < -0.3 is 9.84 Å². The third-order valence-corrected chi connectivity index (χ3v) is 4.09. The average molecular weight is 305 g/mol. The number of carboxylic acids is 1. The molecule has 4 nitrogen and oxygen atoms in total. The van der Waals surface area contributed by atoms with Gasteiger partial charge in [0.2, 0.25) is 0 Å². The van der Waals surface area contributed by atoms with Crippen LogP contribution in [-0.4, -0.2) is 23.7 Å². The molecule has 0 aliphatic carbocycles. The van der Waals surface area contributed by atoms with Crippen molar-refractivity contribution in [1.82, 2.24) is 0 Å². The Balaban J connectivity index is 3.08. The zero-order chi connectivity index (χ0) is 14.5. The summed E-state index contributed by atoms with van der Waals surface area (Å²) in [6.45, 7) is 3.68. The molecule has 6 heteroatoms. The molecule has 0 amide bonds. The summed E-state index contributed by atoms with van der Waals surface area (Å²) in [4.78, 5) is 24.5. The van der Waals surface area contributed by atoms with Gasteiger partial charge in [-0.3, -0.25) is 9.59 Å². The molecule has 19 heavy (non-hydrogen) atoms. The van der Waals surface area contributed by atoms with Crippen molar-refractivity contribution in [3.63, 3.8) is 0 Å². The number of aliphatic carboxylic acids is 1. The Hall–Kier alpha value is -1.07. The van der Waals surface area contributed by atoms with Crippen molar-refractivity contribution >= 4 is 34.9 Å². The molecule has 0 aliphatic heterocycles. The average Bonchev–Trinajstić information content (AvgIpc) is 2.74. The lowest BCUT2D eigenvalue weighted by Gasteiger charge is -2.26. The Morgan fingerprint density at radius 3 is 2.53 bits per heavy atom. The standard InChI is InChI=1S/C13H17ClO4S/c1-3-7-13(11(15)16,12(17)18-4-2)8-9-5-6-10(14)19-9/h5-6H,3-4,7-8H2,1-2H3,(H,15,16). The van der Waals surface area contributed by atoms with Crippen LogP contribution in [0, 0.1) is 5.41 Å². The number of carbonyl (C=O) groups is 2. The van der Waals surface area contributed by atoms with Crippen LogP contribution < -0.4 is 0 Å². The lowest BCUT2D eigenvalue weighted by Crippen LogP contribution is -2.42. The monoisotopic (exact) mass is 304 g/mol. The van der Waals surface area contributed by atoms with Gasteiger partial charge >= 0.3 is 11.9 Å². The van der Waals surface area contributed by atoms with Gasteiger partial charge in [-0.05, 0) is 25.5 Å². The topological polar surface area (TPSA) is 63.6 Å². The number of carbonyl (C=O) groups excluding carboxylic acids is 1. The van der Waals surface area contributed by atoms with E-state index in [0.29, 0.717) is 10.8 Å². The summed E-state index contributed by atoms with van der Waals surface area (Å²) in [6.07, 6.45) is 0.952. The highest BCUT2D eigenvalue weighted by Crippen LogP contribution is 2.34. The molecular formula is C13H17ClO4S. The van der Waals surface area contributed by atoms with Crippen molar-refractivity contribution in [2.24, 2.45) is 5.41 Å². The first-order valence-corrected chi connectivity index (χ1v) is 7.30. The van der Waals surface area contributed by atoms with Gasteiger partial charge in [-0.1, -0.05) is 24.9 Å². The minimum Gasteiger partial charge on any atom is -0.480 e. The minimum atomic E-state index is -1.51. The number of thiophene rings is 1. The number of hydrogen-bond donors (Lipinski definition) is 1. The third-order valence-electron chi connectivity index (χ3n) is 2.86. The fourth-order valence-electron chi connectivity index (χ4n) is 1.97. The predicted octanol–water partition coefficient (Wildman–Crippen LogP) is 3.38. The maximum absolute atomic E-state index is 12.1. The zero-order valence-corrected chi connectivity index (χ0v) is 12.5. The molecule has 1 rings (SSSR count). The largest absolute Gasteiger partial charge is 0.480 e. The van der Waals surface area contributed by atoms with Crippen LogP contribution in [0.25, 0.3) is 0 Å². The van der Waals surface area contributed by atoms with Crippen LogP contribution in [0.15, 0.2) is 12.1 Å². The van der Waals surface area contributed by atoms with Gasteiger partial charge in [0, 0.05) is 11.3 Å². The Labute approximate surface area is 121 Å². The Bertz CT molecular complexity index is 457. The van der Waals surface area contributed by atoms with Crippen molar-refractivity contribution in [2.45, 2.75) is 33.1 Å². The maximum atomic E-state index is 12.1. The van der Waals surface area contributed by atoms with Crippen LogP contribution in [0.4, 0.5) is 0 Å². The van der Waals surface area contributed by atoms with Crippen molar-refractivity contribution in [1.29, 1.82) is 0 Å². The van der Waals surface area contributed by atoms with Gasteiger partial charge in [-0.2, -0.15) is 0 Å². The van der Waals surface area contributed by atoms with E-state index in [1.165, 1.54) is 11.3 Å². The maximum Gasteiger partial charge on any atom is 0.323 e. The number of carboxylic acid groups (broad SMARTS) is 1. The number of hydrogen-bond acceptors (Lipinski definition) is 4. The van der Waals surface area contributed by atoms with Crippen LogP contribution in [0.3, 0.4) is 0 Å². The molecule has 1 N–H and O–H groups in total. The third kappa shape index (κ3) is 3.70. The Kier molecular flexibility index (Phi) is 5.82. The summed E-state index contributed by atoms with van der Waals surface area (Å²) in [5.41, 5.74) is -1.51. The van der Waals surface area contributed by atoms with Crippen LogP contribution in [0.2, 0.25) is 4.34 Å². The number of ether oxygens (including phenoxy) is 1. The molecule has 0 fully saturated rings. The second-order valence-electron chi connectivity index (χ2n) is 4.24. The van der Waals surface area contributed by atoms with Crippen LogP contribution >= 0.6 is 22.9 Å². The van der Waals surface area contributed by atoms with E-state index in [4.69, 9.17) is 16.3 Å². The van der Waals surface area contributed by atoms with E-state index in [2.05, 4.69) is 0 Å². The summed E-state index contributed by atoms with van der Waals surface area (Å²) in [5, 5.41) is 9.49. The van der Waals surface area contributed by atoms with E-state index in [-0.39, 0.29) is 19.4 Å². The lowest BCUT2D eigenvalue weighted by molar-refractivity contribution is -0.169. The molecule has 0 radical (unpaired) electrons. The van der Waals surface area contributed by atoms with Gasteiger partial charge in [0.25, 0.3) is 0 Å². The van der Waals surface area contributed by atoms with Gasteiger partial charge in [0.15, 0.2) is 5.41 Å². The Morgan fingerprint density at radius 1 is 1.42 bits per heavy atom. The summed E-state index contributed by atoms with van der Waals surface area (Å²) in [5.74, 6) is -1.81. The highest BCUT2D eigenvalue weighted by molar-refractivity contribution is 7.16. The summed E-state index contributed by atoms with van der Waals surface area (Å²) in [7, 11) is 0. The molecule has 0 aromatic carbocycles. The molecular weight excluding hydrogens is 288 g/mol. The zero-order valence-electron chi connectivity index (χ0n) is 10.9. The summed E-state index contributed by atoms with van der Waals surface area (Å²) < 4.78 is 5.53. The highest BCUT2D eigenvalue weighted by Gasteiger charge is 2.47. The summed E-state index contributed by atoms with van der Waals surface area (Å²) in [6, 6.07) is 3.45. The highest BCUT2D eigenvalue weighted by atomic mass is 35.5. The fraction of sp³-hybridized carbons (Fsp3) is 0.538. The molecule has 0 spiro atoms. The molecule has 1 atom stereocenters. The molecule has 1 unspecified atom stereocenters. The van der Waals surface area contributed by atoms with E-state index in [1.807, 2.05) is 6.92 Å². The second-order valence-corrected chi connectivity index (χ2v) is 6.04. The number of esters is 1. The molecule has 0 aliphatic rings. The predicted molar refractivity (Wildman–Crippen MR) is 74.6 cm³/mol. The van der Waals surface area contributed by atoms with Crippen LogP contribution in [-0.2, 0) is 20.7 Å². The number of rotatable bonds is 7. The van der Waals surface area contributed by atoms with E-state index in [1.54, 1.807) is 19.1 Å². The van der Waals surface area contributed by atoms with Crippen molar-refractivity contribution < 1.29 is 19.4 Å². The normalized spacial score (nSPS) is 13.8. The van der Waals surface area contributed by atoms with Gasteiger partial charge in [0.1, 0.15) is 0 Å². The van der Waals surface area contributed by atoms with Crippen LogP contribution in [0.5, 0.6) is 0 Å². The van der Waals surface area contributed by atoms with E-state index < -0.39 is 17.4 Å². The van der Waals surface area contributed by atoms with E-state index in [0.717, 1.165) is 4.88 Å². The molecule has 0 saturated heterocycles. The molecule has 1 heterocycles. The van der Waals surface area contributed by atoms with Gasteiger partial charge in [0.05, 0.1) is 10.9 Å². The van der Waals surface area contributed by atoms with Crippen molar-refractivity contribution in [3.05, 3.63) is 21.3 Å². The smallest absolute Gasteiger partial charge is 0.323 e.